The molecule has 0 aromatic rings. The molecule has 0 spiro atoms. The Labute approximate surface area is 100 Å². The van der Waals surface area contributed by atoms with Crippen LogP contribution in [0.3, 0.4) is 0 Å². The van der Waals surface area contributed by atoms with E-state index in [0.717, 1.165) is 0 Å². The standard InChI is InChI=1S/C8H14O6S2/c1-3-7(13,5(9)10)15-16-8(14,4-2)6(11)12/h13-14H,3-4H2,1-2H3,(H,9,10)(H,11,12). The summed E-state index contributed by atoms with van der Waals surface area (Å²) in [6, 6.07) is 0. The molecule has 4 N–H and O–H groups in total. The number of carboxylic acids is 2. The summed E-state index contributed by atoms with van der Waals surface area (Å²) in [5.41, 5.74) is 0. The number of carboxylic acid groups (broad SMARTS) is 2. The van der Waals surface area contributed by atoms with Crippen LogP contribution in [0.2, 0.25) is 0 Å². The maximum absolute atomic E-state index is 10.7. The number of hydrogen-bond donors (Lipinski definition) is 4. The van der Waals surface area contributed by atoms with Gasteiger partial charge < -0.3 is 20.4 Å². The highest BCUT2D eigenvalue weighted by molar-refractivity contribution is 8.77. The molecule has 0 aliphatic rings. The first-order valence-electron chi connectivity index (χ1n) is 4.50. The van der Waals surface area contributed by atoms with Crippen LogP contribution in [0.25, 0.3) is 0 Å². The number of aliphatic hydroxyl groups is 2. The van der Waals surface area contributed by atoms with Crippen molar-refractivity contribution in [3.63, 3.8) is 0 Å². The summed E-state index contributed by atoms with van der Waals surface area (Å²) in [7, 11) is 0.867. The highest BCUT2D eigenvalue weighted by Gasteiger charge is 2.42. The van der Waals surface area contributed by atoms with Crippen LogP contribution in [0.5, 0.6) is 0 Å². The average Bonchev–Trinajstić information content (AvgIpc) is 2.24. The number of aliphatic carboxylic acids is 2. The van der Waals surface area contributed by atoms with Crippen LogP contribution in [0.15, 0.2) is 0 Å². The van der Waals surface area contributed by atoms with E-state index in [0.29, 0.717) is 21.6 Å². The first kappa shape index (κ1) is 15.6. The minimum absolute atomic E-state index is 0.0978. The van der Waals surface area contributed by atoms with Crippen molar-refractivity contribution >= 4 is 33.5 Å². The van der Waals surface area contributed by atoms with Crippen LogP contribution in [-0.2, 0) is 9.59 Å². The van der Waals surface area contributed by atoms with Crippen molar-refractivity contribution in [3.8, 4) is 0 Å². The summed E-state index contributed by atoms with van der Waals surface area (Å²) in [6.45, 7) is 2.90. The summed E-state index contributed by atoms with van der Waals surface area (Å²) in [5, 5.41) is 36.6. The van der Waals surface area contributed by atoms with Crippen LogP contribution in [-0.4, -0.2) is 42.2 Å². The molecule has 2 atom stereocenters. The predicted octanol–water partition coefficient (Wildman–Crippen LogP) is 0.734. The fourth-order valence-corrected chi connectivity index (χ4v) is 3.25. The molecule has 0 aromatic heterocycles. The molecular weight excluding hydrogens is 256 g/mol. The van der Waals surface area contributed by atoms with E-state index < -0.39 is 21.8 Å². The summed E-state index contributed by atoms with van der Waals surface area (Å²) in [6.07, 6.45) is -0.196. The van der Waals surface area contributed by atoms with Gasteiger partial charge in [-0.1, -0.05) is 13.8 Å². The van der Waals surface area contributed by atoms with E-state index in [1.165, 1.54) is 13.8 Å². The lowest BCUT2D eigenvalue weighted by atomic mass is 10.3. The van der Waals surface area contributed by atoms with Gasteiger partial charge in [-0.05, 0) is 34.4 Å². The highest BCUT2D eigenvalue weighted by atomic mass is 33.1. The van der Waals surface area contributed by atoms with Gasteiger partial charge in [-0.15, -0.1) is 0 Å². The van der Waals surface area contributed by atoms with Crippen molar-refractivity contribution in [1.82, 2.24) is 0 Å². The average molecular weight is 270 g/mol. The van der Waals surface area contributed by atoms with E-state index in [-0.39, 0.29) is 12.8 Å². The van der Waals surface area contributed by atoms with Gasteiger partial charge in [0, 0.05) is 0 Å². The summed E-state index contributed by atoms with van der Waals surface area (Å²) in [5.74, 6) is -2.92. The SMILES string of the molecule is CCC(O)(SSC(O)(CC)C(=O)O)C(=O)O. The second-order valence-electron chi connectivity index (χ2n) is 3.05. The minimum Gasteiger partial charge on any atom is -0.478 e. The first-order chi connectivity index (χ1) is 7.22. The molecule has 94 valence electrons. The van der Waals surface area contributed by atoms with E-state index in [4.69, 9.17) is 10.2 Å². The molecule has 8 heteroatoms. The van der Waals surface area contributed by atoms with Gasteiger partial charge in [0.15, 0.2) is 0 Å². The molecule has 0 amide bonds. The first-order valence-corrected chi connectivity index (χ1v) is 6.65. The van der Waals surface area contributed by atoms with Crippen molar-refractivity contribution in [1.29, 1.82) is 0 Å². The van der Waals surface area contributed by atoms with E-state index in [1.54, 1.807) is 0 Å². The van der Waals surface area contributed by atoms with Crippen LogP contribution in [0.1, 0.15) is 26.7 Å². The topological polar surface area (TPSA) is 115 Å². The molecule has 0 radical (unpaired) electrons. The Hall–Kier alpha value is -0.440. The van der Waals surface area contributed by atoms with E-state index in [1.807, 2.05) is 0 Å². The largest absolute Gasteiger partial charge is 0.478 e. The van der Waals surface area contributed by atoms with Crippen molar-refractivity contribution in [2.75, 3.05) is 0 Å². The van der Waals surface area contributed by atoms with Crippen molar-refractivity contribution < 1.29 is 30.0 Å². The molecule has 0 bridgehead atoms. The molecule has 6 nitrogen and oxygen atoms in total. The molecule has 0 aliphatic heterocycles. The third-order valence-electron chi connectivity index (χ3n) is 1.94. The maximum atomic E-state index is 10.7. The van der Waals surface area contributed by atoms with Crippen molar-refractivity contribution in [2.24, 2.45) is 0 Å². The summed E-state index contributed by atoms with van der Waals surface area (Å²) < 4.78 is 0. The Morgan fingerprint density at radius 3 is 1.31 bits per heavy atom. The zero-order chi connectivity index (χ0) is 13.0. The van der Waals surface area contributed by atoms with E-state index in [2.05, 4.69) is 0 Å². The van der Waals surface area contributed by atoms with Crippen LogP contribution in [0.4, 0.5) is 0 Å². The normalized spacial score (nSPS) is 18.5. The molecule has 0 saturated carbocycles. The van der Waals surface area contributed by atoms with Gasteiger partial charge in [-0.3, -0.25) is 0 Å². The molecule has 0 saturated heterocycles. The second kappa shape index (κ2) is 5.76. The quantitative estimate of drug-likeness (QED) is 0.395. The van der Waals surface area contributed by atoms with Crippen LogP contribution >= 0.6 is 21.6 Å². The molecule has 0 heterocycles. The summed E-state index contributed by atoms with van der Waals surface area (Å²) >= 11 is 0. The number of carbonyl (C=O) groups is 2. The summed E-state index contributed by atoms with van der Waals surface area (Å²) in [4.78, 5) is 17.2. The third kappa shape index (κ3) is 3.55. The smallest absolute Gasteiger partial charge is 0.347 e. The molecular formula is C8H14O6S2. The highest BCUT2D eigenvalue weighted by Crippen LogP contribution is 2.44. The number of hydrogen-bond acceptors (Lipinski definition) is 6. The number of rotatable bonds is 7. The Morgan fingerprint density at radius 1 is 0.938 bits per heavy atom. The van der Waals surface area contributed by atoms with Crippen molar-refractivity contribution in [2.45, 2.75) is 36.6 Å². The fraction of sp³-hybridized carbons (Fsp3) is 0.750. The predicted molar refractivity (Wildman–Crippen MR) is 60.9 cm³/mol. The Kier molecular flexibility index (Phi) is 5.60. The second-order valence-corrected chi connectivity index (χ2v) is 5.74. The molecule has 2 unspecified atom stereocenters. The van der Waals surface area contributed by atoms with Gasteiger partial charge in [-0.25, -0.2) is 9.59 Å². The zero-order valence-corrected chi connectivity index (χ0v) is 10.5. The maximum Gasteiger partial charge on any atom is 0.347 e. The molecule has 0 aromatic carbocycles. The van der Waals surface area contributed by atoms with Gasteiger partial charge in [0.25, 0.3) is 0 Å². The third-order valence-corrected chi connectivity index (χ3v) is 5.41. The molecule has 16 heavy (non-hydrogen) atoms. The Morgan fingerprint density at radius 2 is 1.19 bits per heavy atom. The monoisotopic (exact) mass is 270 g/mol. The van der Waals surface area contributed by atoms with Gasteiger partial charge in [0.05, 0.1) is 0 Å². The van der Waals surface area contributed by atoms with Gasteiger partial charge in [0.1, 0.15) is 0 Å². The lowest BCUT2D eigenvalue weighted by Crippen LogP contribution is -2.37. The van der Waals surface area contributed by atoms with Crippen LogP contribution in [0, 0.1) is 0 Å². The Bertz CT molecular complexity index is 256. The Balaban J connectivity index is 4.64. The minimum atomic E-state index is -2.09. The van der Waals surface area contributed by atoms with Crippen molar-refractivity contribution in [3.05, 3.63) is 0 Å². The molecule has 0 fully saturated rings. The van der Waals surface area contributed by atoms with Gasteiger partial charge >= 0.3 is 11.9 Å². The van der Waals surface area contributed by atoms with Gasteiger partial charge in [-0.2, -0.15) is 0 Å². The zero-order valence-electron chi connectivity index (χ0n) is 8.84. The van der Waals surface area contributed by atoms with E-state index >= 15 is 0 Å². The fourth-order valence-electron chi connectivity index (χ4n) is 0.629. The van der Waals surface area contributed by atoms with E-state index in [9.17, 15) is 19.8 Å². The molecule has 0 rings (SSSR count). The van der Waals surface area contributed by atoms with Gasteiger partial charge in [0.2, 0.25) is 9.87 Å². The lowest BCUT2D eigenvalue weighted by Gasteiger charge is -2.25. The lowest BCUT2D eigenvalue weighted by molar-refractivity contribution is -0.150. The van der Waals surface area contributed by atoms with Crippen LogP contribution < -0.4 is 0 Å². The molecule has 0 aliphatic carbocycles.